The lowest BCUT2D eigenvalue weighted by molar-refractivity contribution is -0.133. The standard InChI is InChI=1S/C19H27N3O2/c1-14-4-2-6-18(20-14)24-13-15-5-3-10-21(12-15)17-9-11-22(19(17)23)16-7-8-16/h2,4,6,15-17H,3,5,7-13H2,1H3. The molecule has 0 aromatic carbocycles. The molecule has 5 heteroatoms. The summed E-state index contributed by atoms with van der Waals surface area (Å²) in [5.74, 6) is 1.58. The lowest BCUT2D eigenvalue weighted by Crippen LogP contribution is -2.48. The van der Waals surface area contributed by atoms with Crippen molar-refractivity contribution in [1.82, 2.24) is 14.8 Å². The highest BCUT2D eigenvalue weighted by Crippen LogP contribution is 2.33. The molecule has 3 fully saturated rings. The van der Waals surface area contributed by atoms with Crippen LogP contribution < -0.4 is 4.74 Å². The average Bonchev–Trinajstić information content (AvgIpc) is 3.36. The highest BCUT2D eigenvalue weighted by Gasteiger charge is 2.43. The van der Waals surface area contributed by atoms with Crippen LogP contribution in [0.3, 0.4) is 0 Å². The Hall–Kier alpha value is -1.62. The first-order valence-electron chi connectivity index (χ1n) is 9.32. The fourth-order valence-corrected chi connectivity index (χ4v) is 4.09. The number of ether oxygens (including phenoxy) is 1. The Kier molecular flexibility index (Phi) is 4.44. The van der Waals surface area contributed by atoms with Crippen LogP contribution >= 0.6 is 0 Å². The van der Waals surface area contributed by atoms with E-state index in [1.165, 1.54) is 19.3 Å². The van der Waals surface area contributed by atoms with Crippen LogP contribution in [-0.4, -0.2) is 59.0 Å². The summed E-state index contributed by atoms with van der Waals surface area (Å²) in [5, 5.41) is 0. The minimum atomic E-state index is 0.116. The molecule has 2 unspecified atom stereocenters. The fourth-order valence-electron chi connectivity index (χ4n) is 4.09. The number of carbonyl (C=O) groups is 1. The van der Waals surface area contributed by atoms with Gasteiger partial charge in [0.05, 0.1) is 12.6 Å². The van der Waals surface area contributed by atoms with E-state index in [1.54, 1.807) is 0 Å². The molecule has 1 saturated carbocycles. The van der Waals surface area contributed by atoms with E-state index in [4.69, 9.17) is 4.74 Å². The van der Waals surface area contributed by atoms with E-state index >= 15 is 0 Å². The third kappa shape index (κ3) is 3.41. The Morgan fingerprint density at radius 3 is 2.88 bits per heavy atom. The van der Waals surface area contributed by atoms with Crippen LogP contribution in [0, 0.1) is 12.8 Å². The quantitative estimate of drug-likeness (QED) is 0.831. The van der Waals surface area contributed by atoms with Crippen LogP contribution in [-0.2, 0) is 4.79 Å². The predicted octanol–water partition coefficient (Wildman–Crippen LogP) is 2.24. The molecular formula is C19H27N3O2. The van der Waals surface area contributed by atoms with E-state index < -0.39 is 0 Å². The zero-order chi connectivity index (χ0) is 16.5. The molecule has 3 aliphatic rings. The summed E-state index contributed by atoms with van der Waals surface area (Å²) in [6.07, 6.45) is 5.75. The third-order valence-corrected chi connectivity index (χ3v) is 5.52. The number of aryl methyl sites for hydroxylation is 1. The molecule has 1 aromatic heterocycles. The van der Waals surface area contributed by atoms with Gasteiger partial charge in [0.25, 0.3) is 0 Å². The number of nitrogens with zero attached hydrogens (tertiary/aromatic N) is 3. The fraction of sp³-hybridized carbons (Fsp3) is 0.684. The predicted molar refractivity (Wildman–Crippen MR) is 91.9 cm³/mol. The lowest BCUT2D eigenvalue weighted by Gasteiger charge is -2.35. The average molecular weight is 329 g/mol. The van der Waals surface area contributed by atoms with Crippen molar-refractivity contribution in [3.63, 3.8) is 0 Å². The van der Waals surface area contributed by atoms with Crippen LogP contribution in [0.2, 0.25) is 0 Å². The van der Waals surface area contributed by atoms with Gasteiger partial charge in [0, 0.05) is 36.8 Å². The summed E-state index contributed by atoms with van der Waals surface area (Å²) in [6.45, 7) is 5.65. The van der Waals surface area contributed by atoms with Gasteiger partial charge in [0.15, 0.2) is 0 Å². The maximum absolute atomic E-state index is 12.7. The summed E-state index contributed by atoms with van der Waals surface area (Å²) in [7, 11) is 0. The second-order valence-corrected chi connectivity index (χ2v) is 7.50. The summed E-state index contributed by atoms with van der Waals surface area (Å²) in [5.41, 5.74) is 0.981. The molecule has 130 valence electrons. The molecule has 0 spiro atoms. The number of hydrogen-bond donors (Lipinski definition) is 0. The molecule has 2 saturated heterocycles. The van der Waals surface area contributed by atoms with Crippen LogP contribution in [0.25, 0.3) is 0 Å². The van der Waals surface area contributed by atoms with Crippen molar-refractivity contribution in [2.75, 3.05) is 26.2 Å². The van der Waals surface area contributed by atoms with Crippen molar-refractivity contribution in [2.45, 2.75) is 51.1 Å². The zero-order valence-corrected chi connectivity index (χ0v) is 14.5. The molecule has 0 radical (unpaired) electrons. The summed E-state index contributed by atoms with van der Waals surface area (Å²) < 4.78 is 5.90. The summed E-state index contributed by atoms with van der Waals surface area (Å²) >= 11 is 0. The Labute approximate surface area is 144 Å². The van der Waals surface area contributed by atoms with Crippen molar-refractivity contribution < 1.29 is 9.53 Å². The second kappa shape index (κ2) is 6.71. The molecule has 0 bridgehead atoms. The summed E-state index contributed by atoms with van der Waals surface area (Å²) in [4.78, 5) is 21.6. The van der Waals surface area contributed by atoms with Crippen molar-refractivity contribution in [3.05, 3.63) is 23.9 Å². The third-order valence-electron chi connectivity index (χ3n) is 5.52. The molecule has 4 rings (SSSR count). The Morgan fingerprint density at radius 2 is 2.08 bits per heavy atom. The van der Waals surface area contributed by atoms with E-state index in [2.05, 4.69) is 14.8 Å². The monoisotopic (exact) mass is 329 g/mol. The molecule has 1 amide bonds. The topological polar surface area (TPSA) is 45.7 Å². The van der Waals surface area contributed by atoms with Crippen LogP contribution in [0.4, 0.5) is 0 Å². The van der Waals surface area contributed by atoms with E-state index in [0.717, 1.165) is 38.2 Å². The van der Waals surface area contributed by atoms with Gasteiger partial charge in [-0.1, -0.05) is 6.07 Å². The molecule has 1 aliphatic carbocycles. The number of rotatable bonds is 5. The van der Waals surface area contributed by atoms with Gasteiger partial charge in [-0.2, -0.15) is 0 Å². The Morgan fingerprint density at radius 1 is 1.21 bits per heavy atom. The van der Waals surface area contributed by atoms with Gasteiger partial charge in [-0.05, 0) is 51.6 Å². The van der Waals surface area contributed by atoms with Gasteiger partial charge in [-0.3, -0.25) is 9.69 Å². The number of piperidine rings is 1. The normalized spacial score (nSPS) is 28.4. The largest absolute Gasteiger partial charge is 0.477 e. The molecule has 5 nitrogen and oxygen atoms in total. The molecule has 3 heterocycles. The number of likely N-dealkylation sites (tertiary alicyclic amines) is 2. The number of amides is 1. The number of pyridine rings is 1. The van der Waals surface area contributed by atoms with Crippen molar-refractivity contribution in [1.29, 1.82) is 0 Å². The van der Waals surface area contributed by atoms with Gasteiger partial charge < -0.3 is 9.64 Å². The molecule has 24 heavy (non-hydrogen) atoms. The SMILES string of the molecule is Cc1cccc(OCC2CCCN(C3CCN(C4CC4)C3=O)C2)n1. The van der Waals surface area contributed by atoms with Gasteiger partial charge in [0.1, 0.15) is 0 Å². The Balaban J connectivity index is 1.31. The zero-order valence-electron chi connectivity index (χ0n) is 14.5. The van der Waals surface area contributed by atoms with Crippen molar-refractivity contribution in [2.24, 2.45) is 5.92 Å². The van der Waals surface area contributed by atoms with E-state index in [9.17, 15) is 4.79 Å². The van der Waals surface area contributed by atoms with E-state index in [-0.39, 0.29) is 6.04 Å². The molecule has 1 aromatic rings. The molecular weight excluding hydrogens is 302 g/mol. The molecule has 0 N–H and O–H groups in total. The van der Waals surface area contributed by atoms with Gasteiger partial charge in [-0.25, -0.2) is 4.98 Å². The van der Waals surface area contributed by atoms with E-state index in [0.29, 0.717) is 30.4 Å². The minimum Gasteiger partial charge on any atom is -0.477 e. The van der Waals surface area contributed by atoms with Crippen molar-refractivity contribution >= 4 is 5.91 Å². The number of carbonyl (C=O) groups excluding carboxylic acids is 1. The highest BCUT2D eigenvalue weighted by atomic mass is 16.5. The van der Waals surface area contributed by atoms with Crippen molar-refractivity contribution in [3.8, 4) is 5.88 Å². The molecule has 2 aliphatic heterocycles. The first kappa shape index (κ1) is 15.9. The van der Waals surface area contributed by atoms with Crippen LogP contribution in [0.5, 0.6) is 5.88 Å². The van der Waals surface area contributed by atoms with Gasteiger partial charge >= 0.3 is 0 Å². The maximum Gasteiger partial charge on any atom is 0.240 e. The minimum absolute atomic E-state index is 0.116. The lowest BCUT2D eigenvalue weighted by atomic mass is 9.97. The highest BCUT2D eigenvalue weighted by molar-refractivity contribution is 5.84. The van der Waals surface area contributed by atoms with Crippen LogP contribution in [0.15, 0.2) is 18.2 Å². The second-order valence-electron chi connectivity index (χ2n) is 7.50. The smallest absolute Gasteiger partial charge is 0.240 e. The summed E-state index contributed by atoms with van der Waals surface area (Å²) in [6, 6.07) is 6.55. The van der Waals surface area contributed by atoms with Gasteiger partial charge in [-0.15, -0.1) is 0 Å². The first-order chi connectivity index (χ1) is 11.7. The molecule has 2 atom stereocenters. The first-order valence-corrected chi connectivity index (χ1v) is 9.32. The van der Waals surface area contributed by atoms with E-state index in [1.807, 2.05) is 25.1 Å². The number of aromatic nitrogens is 1. The van der Waals surface area contributed by atoms with Gasteiger partial charge in [0.2, 0.25) is 11.8 Å². The maximum atomic E-state index is 12.7. The van der Waals surface area contributed by atoms with Crippen LogP contribution in [0.1, 0.15) is 37.8 Å². The Bertz CT molecular complexity index is 602. The number of hydrogen-bond acceptors (Lipinski definition) is 4.